The summed E-state index contributed by atoms with van der Waals surface area (Å²) in [5.74, 6) is -1.27. The summed E-state index contributed by atoms with van der Waals surface area (Å²) in [5.41, 5.74) is 1.96. The van der Waals surface area contributed by atoms with E-state index in [-0.39, 0.29) is 12.5 Å². The summed E-state index contributed by atoms with van der Waals surface area (Å²) in [4.78, 5) is 41.4. The van der Waals surface area contributed by atoms with Crippen molar-refractivity contribution in [3.8, 4) is 0 Å². The van der Waals surface area contributed by atoms with Gasteiger partial charge in [0.2, 0.25) is 0 Å². The number of benzene rings is 2. The predicted octanol–water partition coefficient (Wildman–Crippen LogP) is 3.41. The molecule has 166 valence electrons. The minimum absolute atomic E-state index is 0.250. The molecule has 0 saturated carbocycles. The molecule has 0 aliphatic heterocycles. The van der Waals surface area contributed by atoms with Gasteiger partial charge in [0.05, 0.1) is 16.8 Å². The lowest BCUT2D eigenvalue weighted by Crippen LogP contribution is -2.34. The fourth-order valence-corrected chi connectivity index (χ4v) is 3.07. The Morgan fingerprint density at radius 1 is 1.00 bits per heavy atom. The molecule has 1 aromatic heterocycles. The van der Waals surface area contributed by atoms with Gasteiger partial charge in [0.1, 0.15) is 12.1 Å². The SMILES string of the molecule is CNC(=O)c1cnc2ccc(C(=O)NCC(=O)OC(C)(C)C)cc2c1Nc1ccccc1. The highest BCUT2D eigenvalue weighted by Gasteiger charge is 2.19. The van der Waals surface area contributed by atoms with Crippen LogP contribution in [0.2, 0.25) is 0 Å². The fraction of sp³-hybridized carbons (Fsp3) is 0.250. The molecule has 2 amide bonds. The van der Waals surface area contributed by atoms with E-state index in [1.54, 1.807) is 46.0 Å². The Hall–Kier alpha value is -3.94. The van der Waals surface area contributed by atoms with E-state index < -0.39 is 17.5 Å². The van der Waals surface area contributed by atoms with Crippen LogP contribution in [0, 0.1) is 0 Å². The number of carbonyl (C=O) groups is 3. The van der Waals surface area contributed by atoms with Gasteiger partial charge in [-0.1, -0.05) is 18.2 Å². The molecule has 1 heterocycles. The van der Waals surface area contributed by atoms with Gasteiger partial charge in [-0.3, -0.25) is 19.4 Å². The summed E-state index contributed by atoms with van der Waals surface area (Å²) in [6.07, 6.45) is 1.49. The van der Waals surface area contributed by atoms with Gasteiger partial charge < -0.3 is 20.7 Å². The molecule has 0 bridgehead atoms. The summed E-state index contributed by atoms with van der Waals surface area (Å²) in [6, 6.07) is 14.3. The zero-order valence-electron chi connectivity index (χ0n) is 18.5. The van der Waals surface area contributed by atoms with Crippen molar-refractivity contribution in [2.75, 3.05) is 18.9 Å². The van der Waals surface area contributed by atoms with Crippen LogP contribution in [0.15, 0.2) is 54.7 Å². The third-order valence-corrected chi connectivity index (χ3v) is 4.46. The first kappa shape index (κ1) is 22.7. The van der Waals surface area contributed by atoms with Gasteiger partial charge in [0.25, 0.3) is 11.8 Å². The standard InChI is InChI=1S/C24H26N4O4/c1-24(2,3)32-20(29)14-27-22(30)15-10-11-19-17(12-15)21(18(13-26-19)23(31)25-4)28-16-8-6-5-7-9-16/h5-13H,14H2,1-4H3,(H,25,31)(H,26,28)(H,27,30). The summed E-state index contributed by atoms with van der Waals surface area (Å²) < 4.78 is 5.22. The summed E-state index contributed by atoms with van der Waals surface area (Å²) in [5, 5.41) is 9.04. The normalized spacial score (nSPS) is 11.0. The van der Waals surface area contributed by atoms with Crippen LogP contribution in [0.1, 0.15) is 41.5 Å². The second kappa shape index (κ2) is 9.47. The van der Waals surface area contributed by atoms with Crippen LogP contribution in [0.4, 0.5) is 11.4 Å². The molecular weight excluding hydrogens is 408 g/mol. The molecule has 0 aliphatic carbocycles. The molecule has 0 spiro atoms. The van der Waals surface area contributed by atoms with Crippen molar-refractivity contribution in [3.63, 3.8) is 0 Å². The van der Waals surface area contributed by atoms with Crippen molar-refractivity contribution in [1.29, 1.82) is 0 Å². The maximum Gasteiger partial charge on any atom is 0.325 e. The Balaban J connectivity index is 1.95. The Morgan fingerprint density at radius 3 is 2.38 bits per heavy atom. The summed E-state index contributed by atoms with van der Waals surface area (Å²) >= 11 is 0. The van der Waals surface area contributed by atoms with Crippen LogP contribution < -0.4 is 16.0 Å². The van der Waals surface area contributed by atoms with Crippen LogP contribution in [0.3, 0.4) is 0 Å². The monoisotopic (exact) mass is 434 g/mol. The van der Waals surface area contributed by atoms with Crippen molar-refractivity contribution < 1.29 is 19.1 Å². The summed E-state index contributed by atoms with van der Waals surface area (Å²) in [7, 11) is 1.54. The van der Waals surface area contributed by atoms with Crippen LogP contribution in [0.25, 0.3) is 10.9 Å². The number of aromatic nitrogens is 1. The van der Waals surface area contributed by atoms with E-state index in [2.05, 4.69) is 20.9 Å². The molecule has 0 saturated heterocycles. The van der Waals surface area contributed by atoms with Gasteiger partial charge >= 0.3 is 5.97 Å². The van der Waals surface area contributed by atoms with E-state index in [0.717, 1.165) is 5.69 Å². The van der Waals surface area contributed by atoms with E-state index in [4.69, 9.17) is 4.74 Å². The molecular formula is C24H26N4O4. The molecule has 3 rings (SSSR count). The first-order valence-electron chi connectivity index (χ1n) is 10.1. The van der Waals surface area contributed by atoms with Crippen LogP contribution in [0.5, 0.6) is 0 Å². The number of esters is 1. The van der Waals surface area contributed by atoms with Gasteiger partial charge in [-0.25, -0.2) is 0 Å². The molecule has 2 aromatic carbocycles. The van der Waals surface area contributed by atoms with E-state index in [0.29, 0.717) is 27.7 Å². The third kappa shape index (κ3) is 5.60. The summed E-state index contributed by atoms with van der Waals surface area (Å²) in [6.45, 7) is 5.02. The molecule has 0 unspecified atom stereocenters. The number of hydrogen-bond donors (Lipinski definition) is 3. The van der Waals surface area contributed by atoms with Crippen molar-refractivity contribution in [1.82, 2.24) is 15.6 Å². The maximum atomic E-state index is 12.7. The molecule has 0 radical (unpaired) electrons. The molecule has 8 nitrogen and oxygen atoms in total. The average molecular weight is 434 g/mol. The number of anilines is 2. The molecule has 0 fully saturated rings. The van der Waals surface area contributed by atoms with Gasteiger partial charge in [0.15, 0.2) is 0 Å². The predicted molar refractivity (Wildman–Crippen MR) is 123 cm³/mol. The van der Waals surface area contributed by atoms with Gasteiger partial charge in [-0.2, -0.15) is 0 Å². The minimum atomic E-state index is -0.634. The molecule has 3 aromatic rings. The number of amides is 2. The number of para-hydroxylation sites is 1. The minimum Gasteiger partial charge on any atom is -0.459 e. The Kier molecular flexibility index (Phi) is 6.73. The highest BCUT2D eigenvalue weighted by atomic mass is 16.6. The van der Waals surface area contributed by atoms with Gasteiger partial charge in [-0.05, 0) is 51.1 Å². The number of carbonyl (C=O) groups excluding carboxylic acids is 3. The smallest absolute Gasteiger partial charge is 0.325 e. The number of pyridine rings is 1. The molecule has 3 N–H and O–H groups in total. The van der Waals surface area contributed by atoms with Crippen molar-refractivity contribution in [2.45, 2.75) is 26.4 Å². The number of nitrogens with zero attached hydrogens (tertiary/aromatic N) is 1. The number of fused-ring (bicyclic) bond motifs is 1. The zero-order chi connectivity index (χ0) is 23.3. The molecule has 0 aliphatic rings. The lowest BCUT2D eigenvalue weighted by atomic mass is 10.0. The largest absolute Gasteiger partial charge is 0.459 e. The molecule has 0 atom stereocenters. The van der Waals surface area contributed by atoms with E-state index in [1.165, 1.54) is 6.20 Å². The zero-order valence-corrected chi connectivity index (χ0v) is 18.5. The van der Waals surface area contributed by atoms with Crippen molar-refractivity contribution in [3.05, 3.63) is 65.9 Å². The molecule has 32 heavy (non-hydrogen) atoms. The Morgan fingerprint density at radius 2 is 1.72 bits per heavy atom. The average Bonchev–Trinajstić information content (AvgIpc) is 2.76. The number of ether oxygens (including phenoxy) is 1. The van der Waals surface area contributed by atoms with Crippen molar-refractivity contribution in [2.24, 2.45) is 0 Å². The quantitative estimate of drug-likeness (QED) is 0.513. The first-order chi connectivity index (χ1) is 15.2. The first-order valence-corrected chi connectivity index (χ1v) is 10.1. The van der Waals surface area contributed by atoms with Crippen LogP contribution in [-0.2, 0) is 9.53 Å². The Bertz CT molecular complexity index is 1150. The maximum absolute atomic E-state index is 12.7. The van der Waals surface area contributed by atoms with Gasteiger partial charge in [0, 0.05) is 29.9 Å². The third-order valence-electron chi connectivity index (χ3n) is 4.46. The van der Waals surface area contributed by atoms with Crippen molar-refractivity contribution >= 4 is 40.1 Å². The Labute approximate surface area is 186 Å². The number of nitrogens with one attached hydrogen (secondary N) is 3. The lowest BCUT2D eigenvalue weighted by Gasteiger charge is -2.19. The lowest BCUT2D eigenvalue weighted by molar-refractivity contribution is -0.153. The van der Waals surface area contributed by atoms with Crippen LogP contribution >= 0.6 is 0 Å². The highest BCUT2D eigenvalue weighted by molar-refractivity contribution is 6.09. The van der Waals surface area contributed by atoms with Gasteiger partial charge in [-0.15, -0.1) is 0 Å². The molecule has 8 heteroatoms. The van der Waals surface area contributed by atoms with Crippen LogP contribution in [-0.4, -0.2) is 42.0 Å². The van der Waals surface area contributed by atoms with E-state index in [1.807, 2.05) is 30.3 Å². The topological polar surface area (TPSA) is 109 Å². The second-order valence-electron chi connectivity index (χ2n) is 8.12. The number of rotatable bonds is 6. The number of hydrogen-bond acceptors (Lipinski definition) is 6. The highest BCUT2D eigenvalue weighted by Crippen LogP contribution is 2.30. The second-order valence-corrected chi connectivity index (χ2v) is 8.12. The fourth-order valence-electron chi connectivity index (χ4n) is 3.07. The van der Waals surface area contributed by atoms with E-state index in [9.17, 15) is 14.4 Å². The van der Waals surface area contributed by atoms with E-state index >= 15 is 0 Å².